The number of aryl methyl sites for hydroxylation is 1. The van der Waals surface area contributed by atoms with Gasteiger partial charge in [0.15, 0.2) is 16.6 Å². The van der Waals surface area contributed by atoms with Gasteiger partial charge in [0.2, 0.25) is 0 Å². The molecule has 0 fully saturated rings. The number of fused-ring (bicyclic) bond motifs is 1. The first-order valence-corrected chi connectivity index (χ1v) is 10.6. The molecule has 0 unspecified atom stereocenters. The molecule has 1 amide bonds. The average Bonchev–Trinajstić information content (AvgIpc) is 3.48. The second-order valence-corrected chi connectivity index (χ2v) is 7.92. The van der Waals surface area contributed by atoms with Crippen LogP contribution in [-0.2, 0) is 13.0 Å². The monoisotopic (exact) mass is 423 g/mol. The number of thiazole rings is 1. The Morgan fingerprint density at radius 3 is 3.00 bits per heavy atom. The van der Waals surface area contributed by atoms with Crippen LogP contribution in [0, 0.1) is 5.82 Å². The topological polar surface area (TPSA) is 85.8 Å². The van der Waals surface area contributed by atoms with Gasteiger partial charge in [-0.25, -0.2) is 9.37 Å². The molecular formula is C21H18FN5O2S. The van der Waals surface area contributed by atoms with E-state index < -0.39 is 5.82 Å². The van der Waals surface area contributed by atoms with Crippen LogP contribution in [0.3, 0.4) is 0 Å². The van der Waals surface area contributed by atoms with E-state index in [-0.39, 0.29) is 11.6 Å². The molecule has 4 aromatic rings. The highest BCUT2D eigenvalue weighted by Gasteiger charge is 2.20. The molecule has 30 heavy (non-hydrogen) atoms. The lowest BCUT2D eigenvalue weighted by molar-refractivity contribution is 0.102. The molecule has 1 N–H and O–H groups in total. The molecule has 152 valence electrons. The second kappa shape index (κ2) is 7.83. The number of benzene rings is 1. The molecule has 0 bridgehead atoms. The number of rotatable bonds is 4. The predicted molar refractivity (Wildman–Crippen MR) is 111 cm³/mol. The van der Waals surface area contributed by atoms with Crippen molar-refractivity contribution in [2.45, 2.75) is 32.2 Å². The van der Waals surface area contributed by atoms with Gasteiger partial charge in [0.1, 0.15) is 17.3 Å². The van der Waals surface area contributed by atoms with Crippen molar-refractivity contribution in [2.75, 3.05) is 5.32 Å². The van der Waals surface area contributed by atoms with E-state index >= 15 is 0 Å². The van der Waals surface area contributed by atoms with Gasteiger partial charge in [-0.1, -0.05) is 6.42 Å². The second-order valence-electron chi connectivity index (χ2n) is 7.07. The van der Waals surface area contributed by atoms with E-state index in [2.05, 4.69) is 20.5 Å². The van der Waals surface area contributed by atoms with Crippen LogP contribution in [-0.4, -0.2) is 25.7 Å². The molecular weight excluding hydrogens is 405 g/mol. The lowest BCUT2D eigenvalue weighted by Crippen LogP contribution is -2.12. The van der Waals surface area contributed by atoms with Gasteiger partial charge in [0, 0.05) is 24.0 Å². The van der Waals surface area contributed by atoms with Crippen molar-refractivity contribution in [1.29, 1.82) is 0 Å². The van der Waals surface area contributed by atoms with E-state index in [0.717, 1.165) is 38.1 Å². The zero-order valence-electron chi connectivity index (χ0n) is 16.0. The summed E-state index contributed by atoms with van der Waals surface area (Å²) in [7, 11) is 0. The lowest BCUT2D eigenvalue weighted by Gasteiger charge is -2.10. The summed E-state index contributed by atoms with van der Waals surface area (Å²) in [6, 6.07) is 8.00. The van der Waals surface area contributed by atoms with Gasteiger partial charge in [0.25, 0.3) is 5.91 Å². The Morgan fingerprint density at radius 1 is 1.20 bits per heavy atom. The third-order valence-corrected chi connectivity index (χ3v) is 5.90. The quantitative estimate of drug-likeness (QED) is 0.511. The van der Waals surface area contributed by atoms with Crippen molar-refractivity contribution in [2.24, 2.45) is 0 Å². The Kier molecular flexibility index (Phi) is 4.88. The Bertz CT molecular complexity index is 1200. The van der Waals surface area contributed by atoms with Gasteiger partial charge < -0.3 is 14.3 Å². The molecule has 1 aliphatic rings. The average molecular weight is 423 g/mol. The number of hydrogen-bond donors (Lipinski definition) is 1. The number of carbonyl (C=O) groups excluding carboxylic acids is 1. The Balaban J connectivity index is 1.40. The van der Waals surface area contributed by atoms with Crippen molar-refractivity contribution < 1.29 is 13.6 Å². The van der Waals surface area contributed by atoms with E-state index in [4.69, 9.17) is 4.42 Å². The van der Waals surface area contributed by atoms with Gasteiger partial charge >= 0.3 is 0 Å². The van der Waals surface area contributed by atoms with E-state index in [1.165, 1.54) is 23.5 Å². The first-order chi connectivity index (χ1) is 14.7. The Hall–Kier alpha value is -3.33. The fourth-order valence-corrected chi connectivity index (χ4v) is 4.31. The first-order valence-electron chi connectivity index (χ1n) is 9.72. The van der Waals surface area contributed by atoms with Crippen LogP contribution in [0.25, 0.3) is 22.2 Å². The number of carbonyl (C=O) groups is 1. The molecule has 1 aromatic carbocycles. The molecule has 3 aromatic heterocycles. The van der Waals surface area contributed by atoms with E-state index in [0.29, 0.717) is 27.8 Å². The maximum Gasteiger partial charge on any atom is 0.275 e. The van der Waals surface area contributed by atoms with Gasteiger partial charge in [-0.05, 0) is 43.2 Å². The number of nitrogens with one attached hydrogen (secondary N) is 1. The summed E-state index contributed by atoms with van der Waals surface area (Å²) >= 11 is 1.32. The minimum atomic E-state index is -0.402. The third-order valence-electron chi connectivity index (χ3n) is 5.04. The van der Waals surface area contributed by atoms with Crippen molar-refractivity contribution in [3.8, 4) is 22.2 Å². The van der Waals surface area contributed by atoms with Gasteiger partial charge in [-0.2, -0.15) is 0 Å². The maximum atomic E-state index is 14.6. The summed E-state index contributed by atoms with van der Waals surface area (Å²) in [5.41, 5.74) is 1.06. The lowest BCUT2D eigenvalue weighted by atomic mass is 10.1. The Morgan fingerprint density at radius 2 is 2.13 bits per heavy atom. The highest BCUT2D eigenvalue weighted by Crippen LogP contribution is 2.28. The van der Waals surface area contributed by atoms with Crippen molar-refractivity contribution in [3.63, 3.8) is 0 Å². The van der Waals surface area contributed by atoms with Crippen molar-refractivity contribution >= 4 is 22.9 Å². The number of hydrogen-bond acceptors (Lipinski definition) is 6. The first kappa shape index (κ1) is 18.7. The Labute approximate surface area is 175 Å². The zero-order valence-corrected chi connectivity index (χ0v) is 16.8. The van der Waals surface area contributed by atoms with Crippen LogP contribution in [0.15, 0.2) is 46.4 Å². The van der Waals surface area contributed by atoms with E-state index in [1.54, 1.807) is 29.8 Å². The molecule has 4 heterocycles. The molecule has 0 spiro atoms. The molecule has 0 saturated carbocycles. The van der Waals surface area contributed by atoms with Crippen LogP contribution in [0.1, 0.15) is 35.6 Å². The number of anilines is 1. The van der Waals surface area contributed by atoms with Crippen LogP contribution in [0.2, 0.25) is 0 Å². The number of halogens is 1. The van der Waals surface area contributed by atoms with Crippen molar-refractivity contribution in [1.82, 2.24) is 19.7 Å². The van der Waals surface area contributed by atoms with Crippen LogP contribution < -0.4 is 5.32 Å². The minimum Gasteiger partial charge on any atom is -0.462 e. The largest absolute Gasteiger partial charge is 0.462 e. The van der Waals surface area contributed by atoms with Gasteiger partial charge in [-0.15, -0.1) is 21.5 Å². The highest BCUT2D eigenvalue weighted by atomic mass is 32.1. The van der Waals surface area contributed by atoms with Gasteiger partial charge in [-0.3, -0.25) is 4.79 Å². The summed E-state index contributed by atoms with van der Waals surface area (Å²) < 4.78 is 21.9. The summed E-state index contributed by atoms with van der Waals surface area (Å²) in [4.78, 5) is 17.0. The van der Waals surface area contributed by atoms with Crippen molar-refractivity contribution in [3.05, 3.63) is 59.3 Å². The number of amides is 1. The summed E-state index contributed by atoms with van der Waals surface area (Å²) in [6.07, 6.45) is 5.59. The molecule has 0 radical (unpaired) electrons. The third kappa shape index (κ3) is 3.52. The summed E-state index contributed by atoms with van der Waals surface area (Å²) in [5.74, 6) is 1.21. The number of aromatic nitrogens is 4. The fraction of sp³-hybridized carbons (Fsp3) is 0.238. The van der Waals surface area contributed by atoms with E-state index in [1.807, 2.05) is 4.57 Å². The highest BCUT2D eigenvalue weighted by molar-refractivity contribution is 7.13. The molecule has 1 aliphatic heterocycles. The summed E-state index contributed by atoms with van der Waals surface area (Å²) in [5, 5.41) is 13.5. The molecule has 0 aliphatic carbocycles. The SMILES string of the molecule is O=C(Nc1ccc(F)c(-c2nnc3n2CCCCC3)c1)c1csc(-c2ccco2)n1. The van der Waals surface area contributed by atoms with Gasteiger partial charge in [0.05, 0.1) is 11.8 Å². The molecule has 7 nitrogen and oxygen atoms in total. The fourth-order valence-electron chi connectivity index (χ4n) is 3.55. The number of furan rings is 1. The molecule has 9 heteroatoms. The minimum absolute atomic E-state index is 0.272. The van der Waals surface area contributed by atoms with Crippen LogP contribution >= 0.6 is 11.3 Å². The predicted octanol–water partition coefficient (Wildman–Crippen LogP) is 4.78. The van der Waals surface area contributed by atoms with E-state index in [9.17, 15) is 9.18 Å². The molecule has 0 atom stereocenters. The standard InChI is InChI=1S/C21H18FN5O2S/c22-15-8-7-13(11-14(15)19-26-25-18-6-2-1-3-9-27(18)19)23-20(28)16-12-30-21(24-16)17-5-4-10-29-17/h4-5,7-8,10-12H,1-3,6,9H2,(H,23,28). The normalized spacial score (nSPS) is 13.6. The molecule has 5 rings (SSSR count). The van der Waals surface area contributed by atoms with Crippen LogP contribution in [0.5, 0.6) is 0 Å². The zero-order chi connectivity index (χ0) is 20.5. The molecule has 0 saturated heterocycles. The summed E-state index contributed by atoms with van der Waals surface area (Å²) in [6.45, 7) is 0.766. The smallest absolute Gasteiger partial charge is 0.275 e. The number of nitrogens with zero attached hydrogens (tertiary/aromatic N) is 4. The maximum absolute atomic E-state index is 14.6. The van der Waals surface area contributed by atoms with Crippen LogP contribution in [0.4, 0.5) is 10.1 Å².